The van der Waals surface area contributed by atoms with Gasteiger partial charge in [0.2, 0.25) is 5.91 Å². The average Bonchev–Trinajstić information content (AvgIpc) is 2.71. The third-order valence-corrected chi connectivity index (χ3v) is 4.27. The number of carbonyl (C=O) groups excluding carboxylic acids is 1. The van der Waals surface area contributed by atoms with Crippen molar-refractivity contribution in [1.82, 2.24) is 5.32 Å². The Hall–Kier alpha value is -2.70. The van der Waals surface area contributed by atoms with Crippen molar-refractivity contribution in [3.63, 3.8) is 0 Å². The summed E-state index contributed by atoms with van der Waals surface area (Å²) in [7, 11) is 0. The maximum Gasteiger partial charge on any atom is 0.250 e. The topological polar surface area (TPSA) is 61.8 Å². The number of anilines is 1. The van der Waals surface area contributed by atoms with E-state index < -0.39 is 0 Å². The number of hydrogen-bond donors (Lipinski definition) is 2. The molecule has 0 aromatic heterocycles. The zero-order valence-corrected chi connectivity index (χ0v) is 16.8. The lowest BCUT2D eigenvalue weighted by atomic mass is 10.2. The summed E-state index contributed by atoms with van der Waals surface area (Å²) in [5, 5.41) is 12.1. The van der Waals surface area contributed by atoms with E-state index in [1.165, 1.54) is 6.08 Å². The molecule has 2 N–H and O–H groups in total. The molecule has 0 aliphatic carbocycles. The number of amides is 1. The average molecular weight is 399 g/mol. The largest absolute Gasteiger partial charge is 0.494 e. The van der Waals surface area contributed by atoms with Gasteiger partial charge in [-0.15, -0.1) is 0 Å². The minimum atomic E-state index is -0.285. The van der Waals surface area contributed by atoms with Gasteiger partial charge in [-0.1, -0.05) is 30.3 Å². The van der Waals surface area contributed by atoms with Crippen LogP contribution in [0, 0.1) is 0 Å². The fraction of sp³-hybridized carbons (Fsp3) is 0.273. The Morgan fingerprint density at radius 3 is 2.50 bits per heavy atom. The number of aliphatic hydroxyl groups is 1. The number of benzene rings is 2. The molecule has 0 bridgehead atoms. The molecule has 2 rings (SSSR count). The SMILES string of the molecule is CCOc1ccc(N(CCCCO)C(=S)NC(=O)C=Cc2ccccc2)cc1. The third-order valence-electron chi connectivity index (χ3n) is 3.95. The molecule has 0 saturated carbocycles. The van der Waals surface area contributed by atoms with Gasteiger partial charge in [-0.3, -0.25) is 10.1 Å². The molecule has 28 heavy (non-hydrogen) atoms. The van der Waals surface area contributed by atoms with Crippen molar-refractivity contribution < 1.29 is 14.6 Å². The number of carbonyl (C=O) groups is 1. The van der Waals surface area contributed by atoms with Crippen molar-refractivity contribution in [2.45, 2.75) is 19.8 Å². The summed E-state index contributed by atoms with van der Waals surface area (Å²) in [6.45, 7) is 3.25. The molecule has 1 amide bonds. The fourth-order valence-corrected chi connectivity index (χ4v) is 2.87. The molecule has 0 saturated heterocycles. The number of aliphatic hydroxyl groups excluding tert-OH is 1. The molecule has 0 heterocycles. The Bertz CT molecular complexity index is 776. The number of unbranched alkanes of at least 4 members (excludes halogenated alkanes) is 1. The first-order valence-electron chi connectivity index (χ1n) is 9.33. The fourth-order valence-electron chi connectivity index (χ4n) is 2.57. The standard InChI is InChI=1S/C22H26N2O3S/c1-2-27-20-13-11-19(12-14-20)24(16-6-7-17-25)22(28)23-21(26)15-10-18-8-4-3-5-9-18/h3-5,8-15,25H,2,6-7,16-17H2,1H3,(H,23,26,28). The smallest absolute Gasteiger partial charge is 0.250 e. The lowest BCUT2D eigenvalue weighted by Crippen LogP contribution is -2.42. The Labute approximate surface area is 171 Å². The normalized spacial score (nSPS) is 10.6. The second-order valence-electron chi connectivity index (χ2n) is 6.05. The monoisotopic (exact) mass is 398 g/mol. The summed E-state index contributed by atoms with van der Waals surface area (Å²) in [6, 6.07) is 17.1. The molecule has 6 heteroatoms. The third kappa shape index (κ3) is 7.13. The molecule has 2 aromatic rings. The Morgan fingerprint density at radius 2 is 1.86 bits per heavy atom. The number of hydrogen-bond acceptors (Lipinski definition) is 4. The highest BCUT2D eigenvalue weighted by molar-refractivity contribution is 7.80. The maximum atomic E-state index is 12.3. The Kier molecular flexibility index (Phi) is 9.18. The van der Waals surface area contributed by atoms with Crippen molar-refractivity contribution in [1.29, 1.82) is 0 Å². The summed E-state index contributed by atoms with van der Waals surface area (Å²) in [6.07, 6.45) is 4.62. The van der Waals surface area contributed by atoms with Gasteiger partial charge in [-0.2, -0.15) is 0 Å². The summed E-state index contributed by atoms with van der Waals surface area (Å²) in [4.78, 5) is 14.1. The number of ether oxygens (including phenoxy) is 1. The lowest BCUT2D eigenvalue weighted by Gasteiger charge is -2.25. The van der Waals surface area contributed by atoms with Gasteiger partial charge in [0.1, 0.15) is 5.75 Å². The molecule has 0 atom stereocenters. The molecule has 0 aliphatic heterocycles. The number of nitrogens with zero attached hydrogens (tertiary/aromatic N) is 1. The Morgan fingerprint density at radius 1 is 1.14 bits per heavy atom. The zero-order chi connectivity index (χ0) is 20.2. The van der Waals surface area contributed by atoms with Crippen LogP contribution in [0.4, 0.5) is 5.69 Å². The summed E-state index contributed by atoms with van der Waals surface area (Å²) in [5.74, 6) is 0.495. The van der Waals surface area contributed by atoms with E-state index in [-0.39, 0.29) is 12.5 Å². The number of thiocarbonyl (C=S) groups is 1. The second-order valence-corrected chi connectivity index (χ2v) is 6.43. The van der Waals surface area contributed by atoms with Crippen LogP contribution in [-0.2, 0) is 4.79 Å². The molecule has 0 radical (unpaired) electrons. The minimum absolute atomic E-state index is 0.121. The van der Waals surface area contributed by atoms with Crippen LogP contribution in [0.25, 0.3) is 6.08 Å². The van der Waals surface area contributed by atoms with Crippen molar-refractivity contribution in [2.75, 3.05) is 24.7 Å². The van der Waals surface area contributed by atoms with Crippen molar-refractivity contribution in [3.8, 4) is 5.75 Å². The quantitative estimate of drug-likeness (QED) is 0.382. The molecule has 148 valence electrons. The van der Waals surface area contributed by atoms with Gasteiger partial charge in [0.05, 0.1) is 6.61 Å². The maximum absolute atomic E-state index is 12.3. The van der Waals surface area contributed by atoms with Crippen molar-refractivity contribution in [2.24, 2.45) is 0 Å². The first-order valence-corrected chi connectivity index (χ1v) is 9.74. The first kappa shape index (κ1) is 21.6. The zero-order valence-electron chi connectivity index (χ0n) is 16.0. The number of rotatable bonds is 9. The molecule has 0 unspecified atom stereocenters. The molecule has 0 spiro atoms. The second kappa shape index (κ2) is 11.9. The summed E-state index contributed by atoms with van der Waals surface area (Å²) in [5.41, 5.74) is 1.80. The lowest BCUT2D eigenvalue weighted by molar-refractivity contribution is -0.115. The Balaban J connectivity index is 2.05. The predicted molar refractivity (Wildman–Crippen MR) is 117 cm³/mol. The van der Waals surface area contributed by atoms with Gasteiger partial charge in [0, 0.05) is 24.9 Å². The molecule has 2 aromatic carbocycles. The van der Waals surface area contributed by atoms with E-state index >= 15 is 0 Å². The van der Waals surface area contributed by atoms with Crippen LogP contribution in [0.15, 0.2) is 60.7 Å². The van der Waals surface area contributed by atoms with Gasteiger partial charge >= 0.3 is 0 Å². The highest BCUT2D eigenvalue weighted by Gasteiger charge is 2.14. The van der Waals surface area contributed by atoms with Crippen LogP contribution in [0.2, 0.25) is 0 Å². The van der Waals surface area contributed by atoms with Crippen LogP contribution in [-0.4, -0.2) is 35.9 Å². The van der Waals surface area contributed by atoms with E-state index in [0.717, 1.165) is 23.4 Å². The van der Waals surface area contributed by atoms with E-state index in [1.807, 2.05) is 66.4 Å². The van der Waals surface area contributed by atoms with E-state index in [4.69, 9.17) is 22.1 Å². The van der Waals surface area contributed by atoms with Crippen LogP contribution < -0.4 is 15.0 Å². The first-order chi connectivity index (χ1) is 13.6. The van der Waals surface area contributed by atoms with Crippen LogP contribution in [0.1, 0.15) is 25.3 Å². The van der Waals surface area contributed by atoms with Gasteiger partial charge in [0.15, 0.2) is 5.11 Å². The van der Waals surface area contributed by atoms with E-state index in [9.17, 15) is 4.79 Å². The molecule has 0 fully saturated rings. The summed E-state index contributed by atoms with van der Waals surface area (Å²) < 4.78 is 5.47. The summed E-state index contributed by atoms with van der Waals surface area (Å²) >= 11 is 5.46. The van der Waals surface area contributed by atoms with Crippen LogP contribution in [0.3, 0.4) is 0 Å². The highest BCUT2D eigenvalue weighted by Crippen LogP contribution is 2.20. The van der Waals surface area contributed by atoms with Gasteiger partial charge in [0.25, 0.3) is 0 Å². The van der Waals surface area contributed by atoms with E-state index in [0.29, 0.717) is 24.7 Å². The van der Waals surface area contributed by atoms with Crippen LogP contribution >= 0.6 is 12.2 Å². The van der Waals surface area contributed by atoms with Gasteiger partial charge in [-0.05, 0) is 67.9 Å². The van der Waals surface area contributed by atoms with Crippen LogP contribution in [0.5, 0.6) is 5.75 Å². The van der Waals surface area contributed by atoms with E-state index in [1.54, 1.807) is 6.08 Å². The van der Waals surface area contributed by atoms with E-state index in [2.05, 4.69) is 5.32 Å². The van der Waals surface area contributed by atoms with Crippen molar-refractivity contribution in [3.05, 3.63) is 66.2 Å². The molecule has 5 nitrogen and oxygen atoms in total. The minimum Gasteiger partial charge on any atom is -0.494 e. The molecule has 0 aliphatic rings. The highest BCUT2D eigenvalue weighted by atomic mass is 32.1. The van der Waals surface area contributed by atoms with Gasteiger partial charge < -0.3 is 14.7 Å². The molecular weight excluding hydrogens is 372 g/mol. The predicted octanol–water partition coefficient (Wildman–Crippen LogP) is 3.78. The van der Waals surface area contributed by atoms with Crippen molar-refractivity contribution >= 4 is 35.0 Å². The number of nitrogens with one attached hydrogen (secondary N) is 1. The van der Waals surface area contributed by atoms with Gasteiger partial charge in [-0.25, -0.2) is 0 Å². The molecular formula is C22H26N2O3S.